The van der Waals surface area contributed by atoms with E-state index in [1.165, 1.54) is 61.8 Å². The van der Waals surface area contributed by atoms with Gasteiger partial charge < -0.3 is 14.9 Å². The van der Waals surface area contributed by atoms with Gasteiger partial charge in [0.05, 0.1) is 29.8 Å². The largest absolute Gasteiger partial charge is 0.496 e. The van der Waals surface area contributed by atoms with E-state index in [-0.39, 0.29) is 44.6 Å². The highest BCUT2D eigenvalue weighted by Crippen LogP contribution is 2.53. The number of nitrogens with one attached hydrogen (secondary N) is 1. The molecule has 3 aromatic carbocycles. The predicted molar refractivity (Wildman–Crippen MR) is 186 cm³/mol. The first-order chi connectivity index (χ1) is 24.3. The Morgan fingerprint density at radius 1 is 1.08 bits per heavy atom. The van der Waals surface area contributed by atoms with Gasteiger partial charge in [0.15, 0.2) is 5.78 Å². The number of rotatable bonds is 9. The van der Waals surface area contributed by atoms with Crippen molar-refractivity contribution >= 4 is 46.1 Å². The van der Waals surface area contributed by atoms with Crippen molar-refractivity contribution in [3.63, 3.8) is 0 Å². The Morgan fingerprint density at radius 2 is 1.86 bits per heavy atom. The molecule has 1 fully saturated rings. The molecule has 1 aliphatic heterocycles. The second-order valence-corrected chi connectivity index (χ2v) is 14.4. The molecule has 6 rings (SSSR count). The maximum absolute atomic E-state index is 16.0. The van der Waals surface area contributed by atoms with Crippen LogP contribution in [0.25, 0.3) is 11.2 Å². The normalized spacial score (nSPS) is 20.3. The summed E-state index contributed by atoms with van der Waals surface area (Å²) in [6.07, 6.45) is 1.58. The van der Waals surface area contributed by atoms with Gasteiger partial charge in [0.25, 0.3) is 0 Å². The summed E-state index contributed by atoms with van der Waals surface area (Å²) in [6.45, 7) is 5.87. The molecular weight excluding hydrogens is 701 g/mol. The van der Waals surface area contributed by atoms with E-state index >= 15 is 8.78 Å². The van der Waals surface area contributed by atoms with Crippen LogP contribution in [0.2, 0.25) is 10.0 Å². The van der Waals surface area contributed by atoms with Crippen LogP contribution in [0.1, 0.15) is 60.2 Å². The van der Waals surface area contributed by atoms with Gasteiger partial charge in [-0.3, -0.25) is 4.79 Å². The molecule has 1 N–H and O–H groups in total. The molecule has 3 heterocycles. The number of benzene rings is 3. The molecule has 0 aliphatic carbocycles. The monoisotopic (exact) mass is 732 g/mol. The van der Waals surface area contributed by atoms with Crippen molar-refractivity contribution in [3.05, 3.63) is 117 Å². The minimum absolute atomic E-state index is 0.0131. The topological polar surface area (TPSA) is 132 Å². The van der Waals surface area contributed by atoms with Crippen molar-refractivity contribution in [3.8, 4) is 11.8 Å². The van der Waals surface area contributed by atoms with Crippen molar-refractivity contribution in [2.45, 2.75) is 57.0 Å². The number of hydrogen-bond acceptors (Lipinski definition) is 9. The third-order valence-electron chi connectivity index (χ3n) is 9.03. The molecule has 4 atom stereocenters. The van der Waals surface area contributed by atoms with Crippen LogP contribution in [-0.2, 0) is 16.6 Å². The predicted octanol–water partition coefficient (Wildman–Crippen LogP) is 6.82. The molecule has 0 saturated carbocycles. The molecule has 0 spiro atoms. The van der Waals surface area contributed by atoms with Crippen LogP contribution in [0.3, 0.4) is 0 Å². The summed E-state index contributed by atoms with van der Waals surface area (Å²) < 4.78 is 37.6. The van der Waals surface area contributed by atoms with Crippen molar-refractivity contribution < 1.29 is 27.9 Å². The number of methoxy groups -OCH3 is 1. The van der Waals surface area contributed by atoms with Gasteiger partial charge in [0, 0.05) is 40.7 Å². The maximum atomic E-state index is 16.0. The first kappa shape index (κ1) is 35.9. The van der Waals surface area contributed by atoms with Crippen molar-refractivity contribution in [1.29, 1.82) is 5.26 Å². The van der Waals surface area contributed by atoms with Gasteiger partial charge in [-0.25, -0.2) is 18.6 Å². The molecule has 1 aliphatic rings. The average Bonchev–Trinajstić information content (AvgIpc) is 3.64. The number of fused-ring (bicyclic) bond motifs is 1. The van der Waals surface area contributed by atoms with Gasteiger partial charge in [0.2, 0.25) is 5.65 Å². The van der Waals surface area contributed by atoms with Crippen LogP contribution < -0.4 is 14.9 Å². The number of hydrogen-bond donors (Lipinski definition) is 1. The van der Waals surface area contributed by atoms with Crippen molar-refractivity contribution in [1.82, 2.24) is 25.5 Å². The fraction of sp³-hybridized carbons (Fsp3) is 0.297. The Kier molecular flexibility index (Phi) is 9.83. The number of aromatic nitrogens is 4. The van der Waals surface area contributed by atoms with E-state index in [2.05, 4.69) is 26.7 Å². The molecular formula is C37H32Cl2F2N6O4. The first-order valence-corrected chi connectivity index (χ1v) is 16.7. The molecule has 0 radical (unpaired) electrons. The number of carbonyl (C=O) groups is 2. The maximum Gasteiger partial charge on any atom is 0.365 e. The summed E-state index contributed by atoms with van der Waals surface area (Å²) in [7, 11) is 1.38. The molecule has 0 amide bonds. The number of pyridine rings is 1. The van der Waals surface area contributed by atoms with E-state index in [1.54, 1.807) is 12.1 Å². The summed E-state index contributed by atoms with van der Waals surface area (Å²) in [6, 6.07) is 16.4. The van der Waals surface area contributed by atoms with Gasteiger partial charge in [-0.2, -0.15) is 5.26 Å². The summed E-state index contributed by atoms with van der Waals surface area (Å²) in [5.74, 6) is -3.81. The Bertz CT molecular complexity index is 2200. The lowest BCUT2D eigenvalue weighted by Gasteiger charge is -2.37. The van der Waals surface area contributed by atoms with Gasteiger partial charge in [-0.1, -0.05) is 68.2 Å². The van der Waals surface area contributed by atoms with Gasteiger partial charge >= 0.3 is 5.97 Å². The minimum Gasteiger partial charge on any atom is -0.496 e. The SMILES string of the molecule is COc1cc(C(=O)On2nnc3cccnc32)ccc1CC(=O)[C@@H]1N[C@@H](CC(C)(C)C)[C@](C#N)(c2ccc(Cl)cc2F)[C@H]1c1cccc(Cl)c1F. The lowest BCUT2D eigenvalue weighted by molar-refractivity contribution is -0.120. The molecule has 262 valence electrons. The van der Waals surface area contributed by atoms with E-state index in [1.807, 2.05) is 20.8 Å². The zero-order chi connectivity index (χ0) is 36.7. The first-order valence-electron chi connectivity index (χ1n) is 15.9. The molecule has 1 saturated heterocycles. The average molecular weight is 734 g/mol. The Hall–Kier alpha value is -4.96. The Morgan fingerprint density at radius 3 is 2.57 bits per heavy atom. The van der Waals surface area contributed by atoms with E-state index < -0.39 is 52.2 Å². The van der Waals surface area contributed by atoms with Crippen LogP contribution >= 0.6 is 23.2 Å². The van der Waals surface area contributed by atoms with Crippen LogP contribution in [0.4, 0.5) is 8.78 Å². The number of nitrogens with zero attached hydrogens (tertiary/aromatic N) is 5. The fourth-order valence-electron chi connectivity index (χ4n) is 6.86. The van der Waals surface area contributed by atoms with Gasteiger partial charge in [-0.05, 0) is 69.9 Å². The zero-order valence-electron chi connectivity index (χ0n) is 28.0. The van der Waals surface area contributed by atoms with Crippen LogP contribution in [0.5, 0.6) is 5.75 Å². The second kappa shape index (κ2) is 14.0. The Labute approximate surface area is 302 Å². The second-order valence-electron chi connectivity index (χ2n) is 13.5. The highest BCUT2D eigenvalue weighted by Gasteiger charge is 2.61. The number of ketones is 1. The fourth-order valence-corrected chi connectivity index (χ4v) is 7.20. The van der Waals surface area contributed by atoms with Crippen molar-refractivity contribution in [2.75, 3.05) is 7.11 Å². The Balaban J connectivity index is 1.39. The molecule has 2 aromatic heterocycles. The molecule has 51 heavy (non-hydrogen) atoms. The van der Waals surface area contributed by atoms with E-state index in [0.717, 1.165) is 10.9 Å². The number of carbonyl (C=O) groups excluding carboxylic acids is 2. The van der Waals surface area contributed by atoms with Crippen LogP contribution in [0.15, 0.2) is 72.9 Å². The third-order valence-corrected chi connectivity index (χ3v) is 9.56. The number of Topliss-reactive ketones (excluding diaryl/α,β-unsaturated/α-hetero) is 1. The van der Waals surface area contributed by atoms with Crippen LogP contribution in [-0.4, -0.2) is 51.1 Å². The van der Waals surface area contributed by atoms with Gasteiger partial charge in [-0.15, -0.1) is 5.10 Å². The highest BCUT2D eigenvalue weighted by molar-refractivity contribution is 6.31. The zero-order valence-corrected chi connectivity index (χ0v) is 29.5. The van der Waals surface area contributed by atoms with Crippen molar-refractivity contribution in [2.24, 2.45) is 5.41 Å². The van der Waals surface area contributed by atoms with E-state index in [4.69, 9.17) is 32.8 Å². The molecule has 14 heteroatoms. The molecule has 10 nitrogen and oxygen atoms in total. The van der Waals surface area contributed by atoms with Crippen LogP contribution in [0, 0.1) is 28.4 Å². The number of nitriles is 1. The van der Waals surface area contributed by atoms with E-state index in [9.17, 15) is 14.9 Å². The minimum atomic E-state index is -1.77. The smallest absolute Gasteiger partial charge is 0.365 e. The quantitative estimate of drug-likeness (QED) is 0.162. The summed E-state index contributed by atoms with van der Waals surface area (Å²) >= 11 is 12.4. The van der Waals surface area contributed by atoms with E-state index in [0.29, 0.717) is 17.5 Å². The highest BCUT2D eigenvalue weighted by atomic mass is 35.5. The molecule has 5 aromatic rings. The summed E-state index contributed by atoms with van der Waals surface area (Å²) in [5, 5.41) is 22.1. The number of halogens is 4. The lowest BCUT2D eigenvalue weighted by atomic mass is 9.62. The standard InChI is InChI=1S/C37H32Cl2F2N6O4/c1-36(2,3)18-30-37(19-42,24-13-12-22(38)17-26(24)40)31(23-7-5-8-25(39)32(23)41)33(44-30)28(48)15-20-10-11-21(16-29(20)50-4)35(49)51-47-34-27(45-46-47)9-6-14-43-34/h5-14,16-17,30-31,33,44H,15,18H2,1-4H3/t30-,31-,33-,37-/m0/s1. The third kappa shape index (κ3) is 6.77. The number of ether oxygens (including phenoxy) is 1. The summed E-state index contributed by atoms with van der Waals surface area (Å²) in [5.41, 5.74) is -1.05. The summed E-state index contributed by atoms with van der Waals surface area (Å²) in [4.78, 5) is 38.0. The van der Waals surface area contributed by atoms with Gasteiger partial charge in [0.1, 0.15) is 28.3 Å². The lowest BCUT2D eigenvalue weighted by Crippen LogP contribution is -2.44. The molecule has 0 bridgehead atoms. The molecule has 0 unspecified atom stereocenters.